The van der Waals surface area contributed by atoms with Crippen LogP contribution in [0.1, 0.15) is 39.2 Å². The van der Waals surface area contributed by atoms with Gasteiger partial charge in [0.05, 0.1) is 11.8 Å². The minimum Gasteiger partial charge on any atom is -0.378 e. The molecule has 0 aromatic carbocycles. The molecule has 1 saturated carbocycles. The van der Waals surface area contributed by atoms with Crippen molar-refractivity contribution in [3.05, 3.63) is 18.0 Å². The molecule has 1 aliphatic carbocycles. The molecule has 2 rings (SSSR count). The highest BCUT2D eigenvalue weighted by Crippen LogP contribution is 2.51. The molecule has 1 heterocycles. The quantitative estimate of drug-likeness (QED) is 0.895. The molecular formula is C15H25N3O2. The Hall–Kier alpha value is -1.36. The second-order valence-corrected chi connectivity index (χ2v) is 6.51. The number of aromatic nitrogens is 2. The van der Waals surface area contributed by atoms with Crippen LogP contribution in [-0.2, 0) is 16.1 Å². The van der Waals surface area contributed by atoms with Crippen molar-refractivity contribution < 1.29 is 9.53 Å². The van der Waals surface area contributed by atoms with Crippen LogP contribution in [0.3, 0.4) is 0 Å². The van der Waals surface area contributed by atoms with E-state index in [4.69, 9.17) is 4.74 Å². The van der Waals surface area contributed by atoms with Crippen LogP contribution in [0.25, 0.3) is 0 Å². The first-order valence-corrected chi connectivity index (χ1v) is 7.12. The molecule has 1 fully saturated rings. The normalized spacial score (nSPS) is 27.9. The molecule has 1 aliphatic rings. The van der Waals surface area contributed by atoms with Gasteiger partial charge < -0.3 is 10.1 Å². The van der Waals surface area contributed by atoms with Crippen LogP contribution in [-0.4, -0.2) is 34.4 Å². The lowest BCUT2D eigenvalue weighted by Gasteiger charge is -2.59. The summed E-state index contributed by atoms with van der Waals surface area (Å²) in [5.41, 5.74) is 0.922. The fourth-order valence-corrected chi connectivity index (χ4v) is 2.79. The van der Waals surface area contributed by atoms with Crippen LogP contribution in [0, 0.1) is 12.3 Å². The van der Waals surface area contributed by atoms with Crippen molar-refractivity contribution >= 4 is 5.91 Å². The number of carbonyl (C=O) groups excluding carboxylic acids is 1. The molecule has 5 heteroatoms. The van der Waals surface area contributed by atoms with Gasteiger partial charge in [-0.2, -0.15) is 5.10 Å². The van der Waals surface area contributed by atoms with Crippen LogP contribution >= 0.6 is 0 Å². The zero-order chi connectivity index (χ0) is 15.0. The van der Waals surface area contributed by atoms with Crippen LogP contribution in [0.4, 0.5) is 0 Å². The topological polar surface area (TPSA) is 56.1 Å². The molecule has 1 N–H and O–H groups in total. The average molecular weight is 279 g/mol. The molecule has 112 valence electrons. The number of hydrogen-bond acceptors (Lipinski definition) is 3. The van der Waals surface area contributed by atoms with Crippen LogP contribution < -0.4 is 5.32 Å². The van der Waals surface area contributed by atoms with Gasteiger partial charge in [0.2, 0.25) is 5.91 Å². The SMILES string of the molecule is CO[C@]1(C)C[C@@H](NC(=O)CCn2cc(C)cn2)C1(C)C. The number of hydrogen-bond donors (Lipinski definition) is 1. The number of methoxy groups -OCH3 is 1. The van der Waals surface area contributed by atoms with E-state index in [-0.39, 0.29) is 23.0 Å². The van der Waals surface area contributed by atoms with Crippen molar-refractivity contribution in [2.24, 2.45) is 5.41 Å². The van der Waals surface area contributed by atoms with E-state index >= 15 is 0 Å². The second kappa shape index (κ2) is 5.20. The molecule has 0 aliphatic heterocycles. The predicted molar refractivity (Wildman–Crippen MR) is 77.3 cm³/mol. The van der Waals surface area contributed by atoms with E-state index < -0.39 is 0 Å². The maximum Gasteiger partial charge on any atom is 0.222 e. The van der Waals surface area contributed by atoms with Gasteiger partial charge >= 0.3 is 0 Å². The molecular weight excluding hydrogens is 254 g/mol. The summed E-state index contributed by atoms with van der Waals surface area (Å²) in [6.45, 7) is 8.99. The van der Waals surface area contributed by atoms with E-state index in [1.807, 2.05) is 13.1 Å². The largest absolute Gasteiger partial charge is 0.378 e. The Morgan fingerprint density at radius 3 is 2.75 bits per heavy atom. The first-order chi connectivity index (χ1) is 9.28. The number of rotatable bonds is 5. The Balaban J connectivity index is 1.81. The minimum absolute atomic E-state index is 0.0420. The maximum absolute atomic E-state index is 12.0. The highest BCUT2D eigenvalue weighted by Gasteiger charge is 2.58. The van der Waals surface area contributed by atoms with Gasteiger partial charge in [0.15, 0.2) is 0 Å². The van der Waals surface area contributed by atoms with Crippen molar-refractivity contribution in [3.8, 4) is 0 Å². The molecule has 0 spiro atoms. The molecule has 2 atom stereocenters. The van der Waals surface area contributed by atoms with Gasteiger partial charge in [0, 0.05) is 37.7 Å². The number of nitrogens with zero attached hydrogens (tertiary/aromatic N) is 2. The van der Waals surface area contributed by atoms with Gasteiger partial charge in [-0.05, 0) is 25.8 Å². The lowest BCUT2D eigenvalue weighted by molar-refractivity contribution is -0.182. The average Bonchev–Trinajstić information content (AvgIpc) is 2.81. The first kappa shape index (κ1) is 15.0. The molecule has 0 unspecified atom stereocenters. The van der Waals surface area contributed by atoms with E-state index in [0.717, 1.165) is 12.0 Å². The smallest absolute Gasteiger partial charge is 0.222 e. The van der Waals surface area contributed by atoms with Gasteiger partial charge in [-0.15, -0.1) is 0 Å². The zero-order valence-corrected chi connectivity index (χ0v) is 13.1. The highest BCUT2D eigenvalue weighted by molar-refractivity contribution is 5.76. The first-order valence-electron chi connectivity index (χ1n) is 7.12. The van der Waals surface area contributed by atoms with Crippen LogP contribution in [0.15, 0.2) is 12.4 Å². The number of carbonyl (C=O) groups is 1. The Labute approximate surface area is 120 Å². The molecule has 0 radical (unpaired) electrons. The number of ether oxygens (including phenoxy) is 1. The van der Waals surface area contributed by atoms with Gasteiger partial charge in [0.25, 0.3) is 0 Å². The van der Waals surface area contributed by atoms with Crippen molar-refractivity contribution in [2.75, 3.05) is 7.11 Å². The predicted octanol–water partition coefficient (Wildman–Crippen LogP) is 1.90. The Bertz CT molecular complexity index is 495. The monoisotopic (exact) mass is 279 g/mol. The van der Waals surface area contributed by atoms with E-state index in [1.165, 1.54) is 0 Å². The summed E-state index contributed by atoms with van der Waals surface area (Å²) in [6.07, 6.45) is 5.07. The van der Waals surface area contributed by atoms with Gasteiger partial charge in [0.1, 0.15) is 0 Å². The molecule has 1 aromatic heterocycles. The molecule has 1 amide bonds. The summed E-state index contributed by atoms with van der Waals surface area (Å²) in [5.74, 6) is 0.0781. The third-order valence-corrected chi connectivity index (χ3v) is 4.94. The molecule has 1 aromatic rings. The summed E-state index contributed by atoms with van der Waals surface area (Å²) >= 11 is 0. The Kier molecular flexibility index (Phi) is 3.91. The number of nitrogens with one attached hydrogen (secondary N) is 1. The van der Waals surface area contributed by atoms with Crippen molar-refractivity contribution in [1.29, 1.82) is 0 Å². The Morgan fingerprint density at radius 1 is 1.55 bits per heavy atom. The number of amides is 1. The van der Waals surface area contributed by atoms with E-state index in [9.17, 15) is 4.79 Å². The van der Waals surface area contributed by atoms with Gasteiger partial charge in [-0.3, -0.25) is 9.48 Å². The zero-order valence-electron chi connectivity index (χ0n) is 13.1. The lowest BCUT2D eigenvalue weighted by Crippen LogP contribution is -2.68. The second-order valence-electron chi connectivity index (χ2n) is 6.51. The fraction of sp³-hybridized carbons (Fsp3) is 0.733. The van der Waals surface area contributed by atoms with E-state index in [0.29, 0.717) is 13.0 Å². The summed E-state index contributed by atoms with van der Waals surface area (Å²) in [6, 6.07) is 0.180. The standard InChI is InChI=1S/C15H25N3O2/c1-11-9-16-18(10-11)7-6-13(19)17-12-8-15(4,20-5)14(12,2)3/h9-10,12H,6-8H2,1-5H3,(H,17,19)/t12-,15-/m1/s1. The van der Waals surface area contributed by atoms with E-state index in [1.54, 1.807) is 18.0 Å². The van der Waals surface area contributed by atoms with Crippen molar-refractivity contribution in [3.63, 3.8) is 0 Å². The lowest BCUT2D eigenvalue weighted by atomic mass is 9.56. The van der Waals surface area contributed by atoms with Gasteiger partial charge in [-0.1, -0.05) is 13.8 Å². The fourth-order valence-electron chi connectivity index (χ4n) is 2.79. The van der Waals surface area contributed by atoms with E-state index in [2.05, 4.69) is 31.2 Å². The summed E-state index contributed by atoms with van der Waals surface area (Å²) in [4.78, 5) is 12.0. The summed E-state index contributed by atoms with van der Waals surface area (Å²) in [5, 5.41) is 7.30. The van der Waals surface area contributed by atoms with Crippen LogP contribution in [0.5, 0.6) is 0 Å². The maximum atomic E-state index is 12.0. The molecule has 5 nitrogen and oxygen atoms in total. The molecule has 20 heavy (non-hydrogen) atoms. The van der Waals surface area contributed by atoms with Crippen molar-refractivity contribution in [2.45, 2.75) is 58.7 Å². The highest BCUT2D eigenvalue weighted by atomic mass is 16.5. The van der Waals surface area contributed by atoms with Crippen molar-refractivity contribution in [1.82, 2.24) is 15.1 Å². The summed E-state index contributed by atoms with van der Waals surface area (Å²) < 4.78 is 7.37. The summed E-state index contributed by atoms with van der Waals surface area (Å²) in [7, 11) is 1.74. The third-order valence-electron chi connectivity index (χ3n) is 4.94. The molecule has 0 saturated heterocycles. The van der Waals surface area contributed by atoms with Gasteiger partial charge in [-0.25, -0.2) is 0 Å². The Morgan fingerprint density at radius 2 is 2.25 bits per heavy atom. The number of aryl methyl sites for hydroxylation is 2. The molecule has 0 bridgehead atoms. The third kappa shape index (κ3) is 2.59. The minimum atomic E-state index is -0.149. The van der Waals surface area contributed by atoms with Crippen LogP contribution in [0.2, 0.25) is 0 Å².